The van der Waals surface area contributed by atoms with E-state index in [-0.39, 0.29) is 24.4 Å². The first-order valence-electron chi connectivity index (χ1n) is 8.31. The van der Waals surface area contributed by atoms with Crippen molar-refractivity contribution >= 4 is 11.9 Å². The number of hydrogen-bond donors (Lipinski definition) is 1. The number of alkyl halides is 3. The molecule has 0 radical (unpaired) electrons. The van der Waals surface area contributed by atoms with Crippen LogP contribution in [-0.2, 0) is 23.9 Å². The molecule has 0 saturated heterocycles. The lowest BCUT2D eigenvalue weighted by Gasteiger charge is -2.22. The van der Waals surface area contributed by atoms with Gasteiger partial charge in [-0.05, 0) is 35.7 Å². The van der Waals surface area contributed by atoms with Gasteiger partial charge >= 0.3 is 12.1 Å². The van der Waals surface area contributed by atoms with Crippen molar-refractivity contribution in [2.24, 2.45) is 5.92 Å². The molecule has 0 bridgehead atoms. The number of nitrogens with zero attached hydrogens (tertiary/aromatic N) is 1. The van der Waals surface area contributed by atoms with E-state index in [1.165, 1.54) is 23.1 Å². The van der Waals surface area contributed by atoms with Gasteiger partial charge in [-0.2, -0.15) is 13.2 Å². The minimum absolute atomic E-state index is 0.158. The van der Waals surface area contributed by atoms with E-state index in [1.807, 2.05) is 0 Å². The van der Waals surface area contributed by atoms with Crippen LogP contribution in [0.3, 0.4) is 0 Å². The highest BCUT2D eigenvalue weighted by atomic mass is 19.4. The number of amides is 1. The molecular weight excluding hydrogens is 359 g/mol. The molecule has 0 heterocycles. The van der Waals surface area contributed by atoms with Crippen LogP contribution in [0.1, 0.15) is 34.0 Å². The fraction of sp³-hybridized carbons (Fsp3) is 0.300. The number of carbonyl (C=O) groups excluding carboxylic acids is 1. The van der Waals surface area contributed by atoms with Crippen LogP contribution in [0.2, 0.25) is 0 Å². The largest absolute Gasteiger partial charge is 0.478 e. The van der Waals surface area contributed by atoms with Crippen LogP contribution in [0, 0.1) is 5.92 Å². The zero-order valence-electron chi connectivity index (χ0n) is 15.0. The lowest BCUT2D eigenvalue weighted by atomic mass is 9.98. The summed E-state index contributed by atoms with van der Waals surface area (Å²) in [5.74, 6) is -1.72. The van der Waals surface area contributed by atoms with Gasteiger partial charge in [-0.1, -0.05) is 37.3 Å². The first-order valence-corrected chi connectivity index (χ1v) is 8.31. The monoisotopic (exact) mass is 379 g/mol. The third kappa shape index (κ3) is 5.57. The van der Waals surface area contributed by atoms with Crippen LogP contribution in [0.4, 0.5) is 13.2 Å². The Balaban J connectivity index is 2.00. The summed E-state index contributed by atoms with van der Waals surface area (Å²) < 4.78 is 38.4. The summed E-state index contributed by atoms with van der Waals surface area (Å²) >= 11 is 0. The Morgan fingerprint density at radius 2 is 1.70 bits per heavy atom. The number of carboxylic acid groups (broad SMARTS) is 1. The molecule has 0 fully saturated rings. The lowest BCUT2D eigenvalue weighted by molar-refractivity contribution is -0.137. The Morgan fingerprint density at radius 3 is 2.26 bits per heavy atom. The van der Waals surface area contributed by atoms with E-state index in [9.17, 15) is 22.8 Å². The Hall–Kier alpha value is -2.83. The lowest BCUT2D eigenvalue weighted by Crippen LogP contribution is -2.32. The minimum Gasteiger partial charge on any atom is -0.478 e. The maximum absolute atomic E-state index is 12.8. The summed E-state index contributed by atoms with van der Waals surface area (Å²) in [6, 6.07) is 11.2. The molecule has 0 aliphatic carbocycles. The van der Waals surface area contributed by atoms with Gasteiger partial charge in [0.1, 0.15) is 0 Å². The predicted octanol–water partition coefficient (Wildman–Crippen LogP) is 4.24. The third-order valence-corrected chi connectivity index (χ3v) is 4.21. The topological polar surface area (TPSA) is 57.6 Å². The number of aromatic carboxylic acids is 1. The average molecular weight is 379 g/mol. The van der Waals surface area contributed by atoms with Gasteiger partial charge in [-0.3, -0.25) is 4.79 Å². The van der Waals surface area contributed by atoms with Gasteiger partial charge in [0.15, 0.2) is 0 Å². The summed E-state index contributed by atoms with van der Waals surface area (Å²) in [7, 11) is 1.61. The van der Waals surface area contributed by atoms with Crippen molar-refractivity contribution in [2.45, 2.75) is 26.1 Å². The van der Waals surface area contributed by atoms with Crippen molar-refractivity contribution in [1.29, 1.82) is 0 Å². The van der Waals surface area contributed by atoms with Crippen LogP contribution in [-0.4, -0.2) is 28.9 Å². The summed E-state index contributed by atoms with van der Waals surface area (Å²) in [6.45, 7) is 1.96. The van der Waals surface area contributed by atoms with Gasteiger partial charge < -0.3 is 10.0 Å². The molecule has 4 nitrogen and oxygen atoms in total. The first-order chi connectivity index (χ1) is 12.6. The Bertz CT molecular complexity index is 816. The molecule has 0 aliphatic rings. The van der Waals surface area contributed by atoms with Crippen molar-refractivity contribution in [2.75, 3.05) is 7.05 Å². The van der Waals surface area contributed by atoms with E-state index in [0.29, 0.717) is 5.56 Å². The molecule has 1 N–H and O–H groups in total. The second-order valence-electron chi connectivity index (χ2n) is 6.50. The molecule has 0 aliphatic heterocycles. The van der Waals surface area contributed by atoms with Gasteiger partial charge in [0.25, 0.3) is 0 Å². The molecular formula is C20H20F3NO3. The van der Waals surface area contributed by atoms with Gasteiger partial charge in [0.05, 0.1) is 11.1 Å². The second kappa shape index (κ2) is 8.24. The Kier molecular flexibility index (Phi) is 6.25. The number of halogens is 3. The molecule has 0 spiro atoms. The van der Waals surface area contributed by atoms with Crippen molar-refractivity contribution in [1.82, 2.24) is 4.90 Å². The molecule has 0 aromatic heterocycles. The van der Waals surface area contributed by atoms with E-state index >= 15 is 0 Å². The van der Waals surface area contributed by atoms with Crippen LogP contribution in [0.15, 0.2) is 48.5 Å². The Morgan fingerprint density at radius 1 is 1.07 bits per heavy atom. The van der Waals surface area contributed by atoms with Crippen molar-refractivity contribution in [3.8, 4) is 0 Å². The molecule has 1 amide bonds. The van der Waals surface area contributed by atoms with E-state index in [4.69, 9.17) is 5.11 Å². The number of benzene rings is 2. The van der Waals surface area contributed by atoms with E-state index in [1.54, 1.807) is 32.2 Å². The molecule has 2 aromatic carbocycles. The standard InChI is InChI=1S/C20H20F3NO3/c1-13(10-15-4-3-5-17(11-15)20(21,22)23)18(25)24(2)12-14-6-8-16(9-7-14)19(26)27/h3-9,11,13H,10,12H2,1-2H3,(H,26,27). The second-order valence-corrected chi connectivity index (χ2v) is 6.50. The first kappa shape index (κ1) is 20.5. The highest BCUT2D eigenvalue weighted by molar-refractivity contribution is 5.87. The van der Waals surface area contributed by atoms with Gasteiger partial charge in [0.2, 0.25) is 5.91 Å². The Labute approximate surface area is 155 Å². The summed E-state index contributed by atoms with van der Waals surface area (Å²) in [4.78, 5) is 24.9. The van der Waals surface area contributed by atoms with E-state index < -0.39 is 23.6 Å². The number of hydrogen-bond acceptors (Lipinski definition) is 2. The highest BCUT2D eigenvalue weighted by Crippen LogP contribution is 2.30. The molecule has 27 heavy (non-hydrogen) atoms. The number of carbonyl (C=O) groups is 2. The SMILES string of the molecule is CC(Cc1cccc(C(F)(F)F)c1)C(=O)N(C)Cc1ccc(C(=O)O)cc1. The van der Waals surface area contributed by atoms with Crippen LogP contribution in [0.25, 0.3) is 0 Å². The number of rotatable bonds is 6. The maximum atomic E-state index is 12.8. The molecule has 2 rings (SSSR count). The van der Waals surface area contributed by atoms with E-state index in [2.05, 4.69) is 0 Å². The molecule has 7 heteroatoms. The fourth-order valence-corrected chi connectivity index (χ4v) is 2.80. The van der Waals surface area contributed by atoms with E-state index in [0.717, 1.165) is 17.7 Å². The average Bonchev–Trinajstić information content (AvgIpc) is 2.61. The number of carboxylic acids is 1. The normalized spacial score (nSPS) is 12.5. The van der Waals surface area contributed by atoms with Crippen LogP contribution >= 0.6 is 0 Å². The summed E-state index contributed by atoms with van der Waals surface area (Å²) in [5.41, 5.74) is 0.643. The summed E-state index contributed by atoms with van der Waals surface area (Å²) in [5, 5.41) is 8.89. The molecule has 1 unspecified atom stereocenters. The van der Waals surface area contributed by atoms with Crippen LogP contribution in [0.5, 0.6) is 0 Å². The van der Waals surface area contributed by atoms with Gasteiger partial charge in [-0.15, -0.1) is 0 Å². The van der Waals surface area contributed by atoms with Crippen molar-refractivity contribution < 1.29 is 27.9 Å². The summed E-state index contributed by atoms with van der Waals surface area (Å²) in [6.07, 6.45) is -4.22. The molecule has 0 saturated carbocycles. The van der Waals surface area contributed by atoms with Crippen molar-refractivity contribution in [3.63, 3.8) is 0 Å². The zero-order chi connectivity index (χ0) is 20.2. The zero-order valence-corrected chi connectivity index (χ0v) is 15.0. The minimum atomic E-state index is -4.41. The fourth-order valence-electron chi connectivity index (χ4n) is 2.80. The molecule has 2 aromatic rings. The van der Waals surface area contributed by atoms with Gasteiger partial charge in [-0.25, -0.2) is 4.79 Å². The quantitative estimate of drug-likeness (QED) is 0.817. The van der Waals surface area contributed by atoms with Gasteiger partial charge in [0, 0.05) is 19.5 Å². The molecule has 144 valence electrons. The highest BCUT2D eigenvalue weighted by Gasteiger charge is 2.30. The smallest absolute Gasteiger partial charge is 0.416 e. The third-order valence-electron chi connectivity index (χ3n) is 4.21. The predicted molar refractivity (Wildman–Crippen MR) is 94.2 cm³/mol. The molecule has 1 atom stereocenters. The maximum Gasteiger partial charge on any atom is 0.416 e. The van der Waals surface area contributed by atoms with Crippen molar-refractivity contribution in [3.05, 3.63) is 70.8 Å². The van der Waals surface area contributed by atoms with Crippen LogP contribution < -0.4 is 0 Å².